The van der Waals surface area contributed by atoms with Crippen LogP contribution in [0, 0.1) is 12.8 Å². The van der Waals surface area contributed by atoms with Crippen LogP contribution in [-0.4, -0.2) is 32.5 Å². The van der Waals surface area contributed by atoms with Gasteiger partial charge in [0.15, 0.2) is 0 Å². The summed E-state index contributed by atoms with van der Waals surface area (Å²) in [5, 5.41) is 0.778. The molecule has 2 aromatic heterocycles. The number of allylic oxidation sites excluding steroid dienone is 1. The molecule has 178 valence electrons. The van der Waals surface area contributed by atoms with Crippen LogP contribution >= 0.6 is 11.6 Å². The van der Waals surface area contributed by atoms with E-state index in [-0.39, 0.29) is 0 Å². The molecule has 6 heteroatoms. The third-order valence-electron chi connectivity index (χ3n) is 6.42. The predicted octanol–water partition coefficient (Wildman–Crippen LogP) is 6.65. The van der Waals surface area contributed by atoms with E-state index >= 15 is 0 Å². The normalized spacial score (nSPS) is 17.6. The first-order valence-corrected chi connectivity index (χ1v) is 12.6. The number of fused-ring (bicyclic) bond motifs is 1. The molecule has 1 atom stereocenters. The van der Waals surface area contributed by atoms with E-state index in [9.17, 15) is 0 Å². The summed E-state index contributed by atoms with van der Waals surface area (Å²) < 4.78 is 0. The minimum Gasteiger partial charge on any atom is -0.353 e. The van der Waals surface area contributed by atoms with Crippen molar-refractivity contribution >= 4 is 23.0 Å². The maximum atomic E-state index is 6.33. The molecule has 4 rings (SSSR count). The van der Waals surface area contributed by atoms with Crippen LogP contribution in [0.5, 0.6) is 0 Å². The lowest BCUT2D eigenvalue weighted by molar-refractivity contribution is 0.563. The molecule has 0 amide bonds. The number of hydrogen-bond acceptors (Lipinski definition) is 5. The van der Waals surface area contributed by atoms with Gasteiger partial charge in [0.25, 0.3) is 0 Å². The van der Waals surface area contributed by atoms with Crippen LogP contribution in [0.3, 0.4) is 0 Å². The third kappa shape index (κ3) is 5.30. The number of aromatic nitrogens is 4. The van der Waals surface area contributed by atoms with Crippen molar-refractivity contribution in [2.45, 2.75) is 65.8 Å². The van der Waals surface area contributed by atoms with Crippen molar-refractivity contribution in [3.63, 3.8) is 0 Å². The van der Waals surface area contributed by atoms with Crippen LogP contribution in [0.2, 0.25) is 5.02 Å². The topological polar surface area (TPSA) is 54.8 Å². The molecule has 0 radical (unpaired) electrons. The summed E-state index contributed by atoms with van der Waals surface area (Å²) in [6, 6.07) is 8.55. The molecule has 0 N–H and O–H groups in total. The van der Waals surface area contributed by atoms with Crippen LogP contribution in [0.1, 0.15) is 74.7 Å². The minimum atomic E-state index is 0.315. The fourth-order valence-electron chi connectivity index (χ4n) is 4.77. The second-order valence-electron chi connectivity index (χ2n) is 9.79. The highest BCUT2D eigenvalue weighted by Crippen LogP contribution is 2.39. The van der Waals surface area contributed by atoms with Gasteiger partial charge in [0, 0.05) is 41.1 Å². The molecule has 0 fully saturated rings. The smallest absolute Gasteiger partial charge is 0.140 e. The van der Waals surface area contributed by atoms with Gasteiger partial charge < -0.3 is 4.90 Å². The molecule has 0 saturated heterocycles. The van der Waals surface area contributed by atoms with E-state index in [1.54, 1.807) is 18.7 Å². The molecule has 0 aliphatic heterocycles. The van der Waals surface area contributed by atoms with E-state index in [2.05, 4.69) is 55.8 Å². The van der Waals surface area contributed by atoms with E-state index in [1.807, 2.05) is 19.1 Å². The van der Waals surface area contributed by atoms with Gasteiger partial charge in [-0.1, -0.05) is 43.7 Å². The van der Waals surface area contributed by atoms with Crippen molar-refractivity contribution in [3.05, 3.63) is 82.3 Å². The average molecular weight is 476 g/mol. The SMILES string of the molecule is Cc1nccnc1/C1=C/CC(c2cccc(Cl)c2)CCc2ncnc(N(CC(C)C)C(C)C)c21. The van der Waals surface area contributed by atoms with Gasteiger partial charge in [-0.15, -0.1) is 0 Å². The van der Waals surface area contributed by atoms with Gasteiger partial charge >= 0.3 is 0 Å². The number of benzene rings is 1. The van der Waals surface area contributed by atoms with Crippen LogP contribution in [0.4, 0.5) is 5.82 Å². The fourth-order valence-corrected chi connectivity index (χ4v) is 4.97. The second kappa shape index (κ2) is 10.6. The summed E-state index contributed by atoms with van der Waals surface area (Å²) >= 11 is 6.33. The summed E-state index contributed by atoms with van der Waals surface area (Å²) in [7, 11) is 0. The summed E-state index contributed by atoms with van der Waals surface area (Å²) in [5.74, 6) is 1.86. The van der Waals surface area contributed by atoms with Gasteiger partial charge in [0.05, 0.1) is 17.1 Å². The number of nitrogens with zero attached hydrogens (tertiary/aromatic N) is 5. The zero-order valence-corrected chi connectivity index (χ0v) is 21.5. The van der Waals surface area contributed by atoms with Crippen molar-refractivity contribution in [1.82, 2.24) is 19.9 Å². The summed E-state index contributed by atoms with van der Waals surface area (Å²) in [5.41, 5.74) is 6.33. The Balaban J connectivity index is 1.89. The maximum Gasteiger partial charge on any atom is 0.140 e. The van der Waals surface area contributed by atoms with Crippen molar-refractivity contribution in [2.24, 2.45) is 5.92 Å². The van der Waals surface area contributed by atoms with E-state index in [0.29, 0.717) is 17.9 Å². The van der Waals surface area contributed by atoms with Crippen molar-refractivity contribution in [1.29, 1.82) is 0 Å². The molecule has 5 nitrogen and oxygen atoms in total. The van der Waals surface area contributed by atoms with Gasteiger partial charge in [-0.3, -0.25) is 9.97 Å². The highest BCUT2D eigenvalue weighted by molar-refractivity contribution is 6.30. The molecule has 2 heterocycles. The largest absolute Gasteiger partial charge is 0.353 e. The quantitative estimate of drug-likeness (QED) is 0.399. The lowest BCUT2D eigenvalue weighted by Gasteiger charge is -2.33. The fraction of sp³-hybridized carbons (Fsp3) is 0.429. The Morgan fingerprint density at radius 3 is 2.56 bits per heavy atom. The average Bonchev–Trinajstić information content (AvgIpc) is 2.78. The van der Waals surface area contributed by atoms with Gasteiger partial charge in [0.2, 0.25) is 0 Å². The molecule has 3 aromatic rings. The van der Waals surface area contributed by atoms with Crippen LogP contribution in [-0.2, 0) is 6.42 Å². The third-order valence-corrected chi connectivity index (χ3v) is 6.66. The van der Waals surface area contributed by atoms with E-state index in [1.165, 1.54) is 5.56 Å². The Labute approximate surface area is 208 Å². The van der Waals surface area contributed by atoms with Crippen LogP contribution in [0.15, 0.2) is 49.1 Å². The number of aryl methyl sites for hydroxylation is 2. The Morgan fingerprint density at radius 1 is 1.06 bits per heavy atom. The Bertz CT molecular complexity index is 1170. The van der Waals surface area contributed by atoms with Gasteiger partial charge in [-0.25, -0.2) is 9.97 Å². The number of rotatable bonds is 6. The van der Waals surface area contributed by atoms with E-state index in [4.69, 9.17) is 26.6 Å². The number of halogens is 1. The van der Waals surface area contributed by atoms with E-state index in [0.717, 1.165) is 64.9 Å². The molecule has 34 heavy (non-hydrogen) atoms. The molecular formula is C28H34ClN5. The van der Waals surface area contributed by atoms with Crippen molar-refractivity contribution < 1.29 is 0 Å². The Hall–Kier alpha value is -2.79. The second-order valence-corrected chi connectivity index (χ2v) is 10.2. The summed E-state index contributed by atoms with van der Waals surface area (Å²) in [4.78, 5) is 21.4. The number of hydrogen-bond donors (Lipinski definition) is 0. The predicted molar refractivity (Wildman–Crippen MR) is 140 cm³/mol. The minimum absolute atomic E-state index is 0.315. The summed E-state index contributed by atoms with van der Waals surface area (Å²) in [6.45, 7) is 11.9. The molecular weight excluding hydrogens is 442 g/mol. The lowest BCUT2D eigenvalue weighted by atomic mass is 9.84. The first kappa shape index (κ1) is 24.3. The van der Waals surface area contributed by atoms with Crippen molar-refractivity contribution in [2.75, 3.05) is 11.4 Å². The zero-order chi connectivity index (χ0) is 24.2. The first-order chi connectivity index (χ1) is 16.3. The molecule has 0 saturated carbocycles. The first-order valence-electron chi connectivity index (χ1n) is 12.2. The van der Waals surface area contributed by atoms with Crippen molar-refractivity contribution in [3.8, 4) is 0 Å². The monoisotopic (exact) mass is 475 g/mol. The standard InChI is InChI=1S/C28H34ClN5/c1-18(2)16-34(19(3)4)28-26-24(27-20(5)30-13-14-31-27)11-9-21(10-12-25(26)32-17-33-28)22-7-6-8-23(29)15-22/h6-8,11,13-15,17-19,21H,9-10,12,16H2,1-5H3/b24-11+. The molecule has 0 bridgehead atoms. The van der Waals surface area contributed by atoms with Crippen LogP contribution < -0.4 is 4.90 Å². The molecule has 1 aliphatic carbocycles. The molecule has 1 unspecified atom stereocenters. The Morgan fingerprint density at radius 2 is 1.85 bits per heavy atom. The highest BCUT2D eigenvalue weighted by Gasteiger charge is 2.27. The number of anilines is 1. The lowest BCUT2D eigenvalue weighted by Crippen LogP contribution is -2.36. The van der Waals surface area contributed by atoms with E-state index < -0.39 is 0 Å². The van der Waals surface area contributed by atoms with Gasteiger partial charge in [0.1, 0.15) is 12.1 Å². The molecule has 1 aliphatic rings. The highest BCUT2D eigenvalue weighted by atomic mass is 35.5. The molecule has 1 aromatic carbocycles. The van der Waals surface area contributed by atoms with Crippen LogP contribution in [0.25, 0.3) is 5.57 Å². The Kier molecular flexibility index (Phi) is 7.62. The van der Waals surface area contributed by atoms with Gasteiger partial charge in [-0.05, 0) is 69.6 Å². The summed E-state index contributed by atoms with van der Waals surface area (Å²) in [6.07, 6.45) is 10.3. The maximum absolute atomic E-state index is 6.33. The zero-order valence-electron chi connectivity index (χ0n) is 20.8. The van der Waals surface area contributed by atoms with Gasteiger partial charge in [-0.2, -0.15) is 0 Å². The molecule has 0 spiro atoms.